The number of benzene rings is 1. The topological polar surface area (TPSA) is 135 Å². The van der Waals surface area contributed by atoms with Gasteiger partial charge >= 0.3 is 0 Å². The normalized spacial score (nSPS) is 16.7. The Hall–Kier alpha value is -3.30. The van der Waals surface area contributed by atoms with Gasteiger partial charge in [0.05, 0.1) is 29.3 Å². The Morgan fingerprint density at radius 1 is 1.02 bits per heavy atom. The Morgan fingerprint density at radius 2 is 1.73 bits per heavy atom. The Bertz CT molecular complexity index is 1280. The number of carbonyl (C=O) groups excluding carboxylic acids is 3. The van der Waals surface area contributed by atoms with Gasteiger partial charge in [-0.05, 0) is 37.4 Å². The first kappa shape index (κ1) is 39.1. The maximum Gasteiger partial charge on any atom is 0.243 e. The molecule has 1 heterocycles. The average Bonchev–Trinajstić information content (AvgIpc) is 3.61. The molecule has 0 unspecified atom stereocenters. The van der Waals surface area contributed by atoms with Crippen LogP contribution in [0.4, 0.5) is 0 Å². The van der Waals surface area contributed by atoms with E-state index in [2.05, 4.69) is 40.3 Å². The minimum absolute atomic E-state index is 0.0121. The van der Waals surface area contributed by atoms with Gasteiger partial charge in [0.1, 0.15) is 12.1 Å². The van der Waals surface area contributed by atoms with Crippen LogP contribution < -0.4 is 10.6 Å². The minimum atomic E-state index is -1.27. The lowest BCUT2D eigenvalue weighted by Crippen LogP contribution is -2.56. The third-order valence-electron chi connectivity index (χ3n) is 9.49. The number of terminal acetylenes is 1. The summed E-state index contributed by atoms with van der Waals surface area (Å²) in [7, 11) is 1.76. The van der Waals surface area contributed by atoms with Gasteiger partial charge in [0, 0.05) is 44.8 Å². The van der Waals surface area contributed by atoms with Gasteiger partial charge in [0.2, 0.25) is 17.7 Å². The molecule has 1 aliphatic carbocycles. The highest BCUT2D eigenvalue weighted by Gasteiger charge is 2.34. The predicted molar refractivity (Wildman–Crippen MR) is 190 cm³/mol. The Kier molecular flexibility index (Phi) is 17.1. The van der Waals surface area contributed by atoms with E-state index in [0.717, 1.165) is 57.3 Å². The Balaban J connectivity index is 1.81. The SMILES string of the molecule is C#CC[C@H](O)[C@H](O)[C@H](CC1CCCCC1)NC(=O)[C@H](Cc1cscn1)NC(=O)[C@@H](CC(=O)N(C)CCN(CC)CC)Cc1ccccc1. The van der Waals surface area contributed by atoms with Crippen LogP contribution in [-0.2, 0) is 27.2 Å². The first-order valence-corrected chi connectivity index (χ1v) is 18.4. The van der Waals surface area contributed by atoms with Crippen LogP contribution in [0.25, 0.3) is 0 Å². The first-order chi connectivity index (χ1) is 23.1. The highest BCUT2D eigenvalue weighted by molar-refractivity contribution is 7.07. The quantitative estimate of drug-likeness (QED) is 0.157. The molecule has 0 saturated heterocycles. The second-order valence-electron chi connectivity index (χ2n) is 13.0. The maximum atomic E-state index is 14.0. The Labute approximate surface area is 290 Å². The molecule has 1 saturated carbocycles. The summed E-state index contributed by atoms with van der Waals surface area (Å²) < 4.78 is 0. The Morgan fingerprint density at radius 3 is 2.35 bits per heavy atom. The van der Waals surface area contributed by atoms with Crippen molar-refractivity contribution in [2.24, 2.45) is 11.8 Å². The maximum absolute atomic E-state index is 14.0. The summed E-state index contributed by atoms with van der Waals surface area (Å²) in [6, 6.07) is 7.78. The fraction of sp³-hybridized carbons (Fsp3) is 0.622. The summed E-state index contributed by atoms with van der Waals surface area (Å²) in [5.74, 6) is 0.939. The highest BCUT2D eigenvalue weighted by Crippen LogP contribution is 2.29. The largest absolute Gasteiger partial charge is 0.389 e. The minimum Gasteiger partial charge on any atom is -0.389 e. The predicted octanol–water partition coefficient (Wildman–Crippen LogP) is 3.42. The zero-order valence-electron chi connectivity index (χ0n) is 28.9. The monoisotopic (exact) mass is 681 g/mol. The van der Waals surface area contributed by atoms with E-state index in [4.69, 9.17) is 6.42 Å². The van der Waals surface area contributed by atoms with Crippen LogP contribution in [0.15, 0.2) is 41.2 Å². The standard InChI is InChI=1S/C37H55N5O5S/c1-5-14-33(43)35(45)31(22-28-17-12-9-13-18-28)39-37(47)32(24-30-25-48-26-38-30)40-36(46)29(21-27-15-10-8-11-16-27)23-34(44)41(4)19-20-42(6-2)7-3/h1,8,10-11,15-16,25-26,28-29,31-33,35,43,45H,6-7,9,12-14,17-24H2,2-4H3,(H,39,47)(H,40,46)/t29-,31+,32+,33+,35-/m1/s1. The lowest BCUT2D eigenvalue weighted by Gasteiger charge is -2.33. The van der Waals surface area contributed by atoms with Gasteiger partial charge in [0.15, 0.2) is 0 Å². The van der Waals surface area contributed by atoms with Gasteiger partial charge in [-0.25, -0.2) is 4.98 Å². The van der Waals surface area contributed by atoms with Crippen LogP contribution in [0.5, 0.6) is 0 Å². The van der Waals surface area contributed by atoms with Gasteiger partial charge in [-0.1, -0.05) is 76.3 Å². The van der Waals surface area contributed by atoms with Crippen molar-refractivity contribution in [2.45, 2.75) is 102 Å². The highest BCUT2D eigenvalue weighted by atomic mass is 32.1. The number of aliphatic hydroxyl groups is 2. The van der Waals surface area contributed by atoms with Gasteiger partial charge in [-0.3, -0.25) is 14.4 Å². The number of nitrogens with zero attached hydrogens (tertiary/aromatic N) is 3. The molecule has 0 radical (unpaired) electrons. The van der Waals surface area contributed by atoms with E-state index >= 15 is 0 Å². The van der Waals surface area contributed by atoms with Crippen molar-refractivity contribution in [1.82, 2.24) is 25.4 Å². The average molecular weight is 682 g/mol. The van der Waals surface area contributed by atoms with Crippen LogP contribution in [0.3, 0.4) is 0 Å². The number of hydrogen-bond donors (Lipinski definition) is 4. The molecule has 0 bridgehead atoms. The number of aliphatic hydroxyl groups excluding tert-OH is 2. The number of hydrogen-bond acceptors (Lipinski definition) is 8. The van der Waals surface area contributed by atoms with E-state index in [0.29, 0.717) is 31.0 Å². The number of thiazole rings is 1. The molecule has 1 aromatic carbocycles. The van der Waals surface area contributed by atoms with Crippen molar-refractivity contribution in [2.75, 3.05) is 33.2 Å². The number of rotatable bonds is 20. The molecule has 4 N–H and O–H groups in total. The summed E-state index contributed by atoms with van der Waals surface area (Å²) in [5, 5.41) is 29.5. The fourth-order valence-corrected chi connectivity index (χ4v) is 6.96. The summed E-state index contributed by atoms with van der Waals surface area (Å²) >= 11 is 1.39. The third kappa shape index (κ3) is 13.0. The smallest absolute Gasteiger partial charge is 0.243 e. The van der Waals surface area contributed by atoms with E-state index in [9.17, 15) is 24.6 Å². The van der Waals surface area contributed by atoms with Gasteiger partial charge in [-0.15, -0.1) is 23.7 Å². The molecule has 48 heavy (non-hydrogen) atoms. The first-order valence-electron chi connectivity index (χ1n) is 17.4. The number of likely N-dealkylation sites (N-methyl/N-ethyl adjacent to an activating group) is 2. The number of nitrogens with one attached hydrogen (secondary N) is 2. The number of carbonyl (C=O) groups is 3. The van der Waals surface area contributed by atoms with Crippen molar-refractivity contribution in [3.63, 3.8) is 0 Å². The van der Waals surface area contributed by atoms with Crippen LogP contribution in [0, 0.1) is 24.2 Å². The summed E-state index contributed by atoms with van der Waals surface area (Å²) in [4.78, 5) is 49.7. The van der Waals surface area contributed by atoms with E-state index in [1.807, 2.05) is 35.7 Å². The lowest BCUT2D eigenvalue weighted by atomic mass is 9.82. The molecule has 5 atom stereocenters. The number of aromatic nitrogens is 1. The van der Waals surface area contributed by atoms with Gasteiger partial charge in [-0.2, -0.15) is 0 Å². The zero-order valence-corrected chi connectivity index (χ0v) is 29.7. The fourth-order valence-electron chi connectivity index (χ4n) is 6.38. The zero-order chi connectivity index (χ0) is 34.9. The van der Waals surface area contributed by atoms with E-state index in [1.54, 1.807) is 17.5 Å². The molecule has 10 nitrogen and oxygen atoms in total. The van der Waals surface area contributed by atoms with Crippen molar-refractivity contribution < 1.29 is 24.6 Å². The molecular formula is C37H55N5O5S. The van der Waals surface area contributed by atoms with Gasteiger partial charge < -0.3 is 30.6 Å². The summed E-state index contributed by atoms with van der Waals surface area (Å²) in [5.41, 5.74) is 3.22. The van der Waals surface area contributed by atoms with Crippen molar-refractivity contribution in [3.8, 4) is 12.3 Å². The van der Waals surface area contributed by atoms with E-state index < -0.39 is 42.0 Å². The van der Waals surface area contributed by atoms with E-state index in [1.165, 1.54) is 11.3 Å². The molecule has 1 aliphatic rings. The molecule has 0 spiro atoms. The molecule has 1 aromatic heterocycles. The van der Waals surface area contributed by atoms with Crippen molar-refractivity contribution in [3.05, 3.63) is 52.5 Å². The van der Waals surface area contributed by atoms with Gasteiger partial charge in [0.25, 0.3) is 0 Å². The van der Waals surface area contributed by atoms with Crippen LogP contribution in [-0.4, -0.2) is 100 Å². The molecule has 264 valence electrons. The van der Waals surface area contributed by atoms with Crippen molar-refractivity contribution >= 4 is 29.1 Å². The second kappa shape index (κ2) is 20.9. The lowest BCUT2D eigenvalue weighted by molar-refractivity contribution is -0.137. The molecular weight excluding hydrogens is 627 g/mol. The molecule has 2 aromatic rings. The molecule has 11 heteroatoms. The summed E-state index contributed by atoms with van der Waals surface area (Å²) in [6.45, 7) is 7.24. The third-order valence-corrected chi connectivity index (χ3v) is 10.1. The molecule has 3 rings (SSSR count). The molecule has 0 aliphatic heterocycles. The molecule has 3 amide bonds. The van der Waals surface area contributed by atoms with Crippen molar-refractivity contribution in [1.29, 1.82) is 0 Å². The van der Waals surface area contributed by atoms with E-state index in [-0.39, 0.29) is 25.2 Å². The summed E-state index contributed by atoms with van der Waals surface area (Å²) in [6.07, 6.45) is 9.17. The van der Waals surface area contributed by atoms with Crippen LogP contribution in [0.2, 0.25) is 0 Å². The number of amides is 3. The van der Waals surface area contributed by atoms with Crippen LogP contribution in [0.1, 0.15) is 76.5 Å². The second-order valence-corrected chi connectivity index (χ2v) is 13.7. The molecule has 1 fully saturated rings. The van der Waals surface area contributed by atoms with Crippen LogP contribution >= 0.6 is 11.3 Å².